The standard InChI is InChI=1S/C19H17ClFN3O4S3/c20-16-5-6-17(30-16)31(26,27)24-7-1-2-14(24)18(25)28-12-9-23(10-12)19-22-13-4-3-11(21)8-15(13)29-19/h3-6,8,12,14H,1-2,7,9-10H2. The molecular formula is C19H17ClFN3O4S3. The lowest BCUT2D eigenvalue weighted by atomic mass is 10.2. The third kappa shape index (κ3) is 3.93. The normalized spacial score (nSPS) is 20.3. The third-order valence-electron chi connectivity index (χ3n) is 5.33. The number of esters is 1. The van der Waals surface area contributed by atoms with E-state index in [4.69, 9.17) is 16.3 Å². The number of anilines is 1. The van der Waals surface area contributed by atoms with Gasteiger partial charge in [0, 0.05) is 6.54 Å². The summed E-state index contributed by atoms with van der Waals surface area (Å²) >= 11 is 8.24. The van der Waals surface area contributed by atoms with Crippen LogP contribution in [0.5, 0.6) is 0 Å². The Morgan fingerprint density at radius 1 is 1.23 bits per heavy atom. The average Bonchev–Trinajstić information content (AvgIpc) is 3.42. The van der Waals surface area contributed by atoms with E-state index in [0.717, 1.165) is 26.7 Å². The maximum Gasteiger partial charge on any atom is 0.324 e. The van der Waals surface area contributed by atoms with E-state index in [1.54, 1.807) is 6.07 Å². The van der Waals surface area contributed by atoms with Crippen molar-refractivity contribution in [2.45, 2.75) is 29.2 Å². The number of sulfonamides is 1. The monoisotopic (exact) mass is 501 g/mol. The van der Waals surface area contributed by atoms with Crippen LogP contribution in [0.4, 0.5) is 9.52 Å². The fourth-order valence-electron chi connectivity index (χ4n) is 3.75. The minimum absolute atomic E-state index is 0.124. The van der Waals surface area contributed by atoms with Gasteiger partial charge in [0.15, 0.2) is 5.13 Å². The van der Waals surface area contributed by atoms with Gasteiger partial charge in [-0.2, -0.15) is 4.31 Å². The Kier molecular flexibility index (Phi) is 5.41. The van der Waals surface area contributed by atoms with Crippen LogP contribution in [0.1, 0.15) is 12.8 Å². The molecule has 4 heterocycles. The zero-order valence-corrected chi connectivity index (χ0v) is 19.2. The number of hydrogen-bond acceptors (Lipinski definition) is 8. The summed E-state index contributed by atoms with van der Waals surface area (Å²) in [5, 5.41) is 0.743. The Hall–Kier alpha value is -1.79. The number of halogens is 2. The van der Waals surface area contributed by atoms with Gasteiger partial charge in [0.1, 0.15) is 22.2 Å². The molecule has 1 atom stereocenters. The topological polar surface area (TPSA) is 79.8 Å². The van der Waals surface area contributed by atoms with Gasteiger partial charge in [0.05, 0.1) is 27.6 Å². The number of thiophene rings is 1. The summed E-state index contributed by atoms with van der Waals surface area (Å²) in [6.45, 7) is 1.21. The molecule has 0 spiro atoms. The molecule has 3 aromatic rings. The third-order valence-corrected chi connectivity index (χ3v) is 10.0. The van der Waals surface area contributed by atoms with E-state index < -0.39 is 22.0 Å². The number of carbonyl (C=O) groups is 1. The molecule has 1 aromatic carbocycles. The highest BCUT2D eigenvalue weighted by atomic mass is 35.5. The number of benzene rings is 1. The van der Waals surface area contributed by atoms with Crippen LogP contribution in [0.25, 0.3) is 10.2 Å². The van der Waals surface area contributed by atoms with Crippen LogP contribution in [0, 0.1) is 5.82 Å². The van der Waals surface area contributed by atoms with Crippen molar-refractivity contribution < 1.29 is 22.3 Å². The van der Waals surface area contributed by atoms with E-state index in [1.165, 1.54) is 39.9 Å². The summed E-state index contributed by atoms with van der Waals surface area (Å²) in [6.07, 6.45) is 0.686. The lowest BCUT2D eigenvalue weighted by Crippen LogP contribution is -2.54. The summed E-state index contributed by atoms with van der Waals surface area (Å²) in [4.78, 5) is 19.2. The van der Waals surface area contributed by atoms with Crippen molar-refractivity contribution in [1.29, 1.82) is 0 Å². The molecule has 31 heavy (non-hydrogen) atoms. The lowest BCUT2D eigenvalue weighted by Gasteiger charge is -2.38. The highest BCUT2D eigenvalue weighted by molar-refractivity contribution is 7.91. The van der Waals surface area contributed by atoms with Crippen LogP contribution < -0.4 is 4.90 Å². The molecular weight excluding hydrogens is 485 g/mol. The van der Waals surface area contributed by atoms with Crippen LogP contribution in [0.3, 0.4) is 0 Å². The summed E-state index contributed by atoms with van der Waals surface area (Å²) in [7, 11) is -3.79. The van der Waals surface area contributed by atoms with Crippen molar-refractivity contribution in [3.63, 3.8) is 0 Å². The SMILES string of the molecule is O=C(OC1CN(c2nc3ccc(F)cc3s2)C1)C1CCCN1S(=O)(=O)c1ccc(Cl)s1. The van der Waals surface area contributed by atoms with E-state index >= 15 is 0 Å². The molecule has 0 amide bonds. The second-order valence-corrected chi connectivity index (χ2v) is 12.2. The molecule has 7 nitrogen and oxygen atoms in total. The summed E-state index contributed by atoms with van der Waals surface area (Å²) in [5.74, 6) is -0.834. The number of thiazole rings is 1. The van der Waals surface area contributed by atoms with Gasteiger partial charge in [-0.3, -0.25) is 4.79 Å². The number of carbonyl (C=O) groups excluding carboxylic acids is 1. The molecule has 2 aliphatic rings. The first kappa shape index (κ1) is 21.1. The molecule has 1 unspecified atom stereocenters. The van der Waals surface area contributed by atoms with Crippen LogP contribution in [0.2, 0.25) is 4.34 Å². The van der Waals surface area contributed by atoms with Crippen molar-refractivity contribution in [2.75, 3.05) is 24.5 Å². The van der Waals surface area contributed by atoms with Gasteiger partial charge in [-0.05, 0) is 43.2 Å². The molecule has 2 saturated heterocycles. The second kappa shape index (κ2) is 7.96. The highest BCUT2D eigenvalue weighted by Gasteiger charge is 2.43. The van der Waals surface area contributed by atoms with Gasteiger partial charge in [-0.1, -0.05) is 22.9 Å². The van der Waals surface area contributed by atoms with Crippen molar-refractivity contribution in [1.82, 2.24) is 9.29 Å². The number of fused-ring (bicyclic) bond motifs is 1. The van der Waals surface area contributed by atoms with Crippen molar-refractivity contribution in [3.8, 4) is 0 Å². The number of ether oxygens (including phenoxy) is 1. The van der Waals surface area contributed by atoms with Gasteiger partial charge < -0.3 is 9.64 Å². The average molecular weight is 502 g/mol. The molecule has 0 radical (unpaired) electrons. The second-order valence-electron chi connectivity index (χ2n) is 7.40. The van der Waals surface area contributed by atoms with Crippen LogP contribution in [-0.4, -0.2) is 55.5 Å². The fraction of sp³-hybridized carbons (Fsp3) is 0.368. The maximum atomic E-state index is 13.4. The maximum absolute atomic E-state index is 13.4. The minimum atomic E-state index is -3.79. The summed E-state index contributed by atoms with van der Waals surface area (Å²) < 4.78 is 47.3. The van der Waals surface area contributed by atoms with Gasteiger partial charge in [-0.25, -0.2) is 17.8 Å². The van der Waals surface area contributed by atoms with E-state index in [-0.39, 0.29) is 22.7 Å². The Bertz CT molecular complexity index is 1260. The lowest BCUT2D eigenvalue weighted by molar-refractivity contribution is -0.154. The van der Waals surface area contributed by atoms with E-state index in [0.29, 0.717) is 30.3 Å². The molecule has 12 heteroatoms. The van der Waals surface area contributed by atoms with Gasteiger partial charge in [-0.15, -0.1) is 11.3 Å². The molecule has 5 rings (SSSR count). The minimum Gasteiger partial charge on any atom is -0.457 e. The van der Waals surface area contributed by atoms with Gasteiger partial charge >= 0.3 is 5.97 Å². The van der Waals surface area contributed by atoms with Crippen LogP contribution >= 0.6 is 34.3 Å². The smallest absolute Gasteiger partial charge is 0.324 e. The number of rotatable bonds is 5. The molecule has 0 N–H and O–H groups in total. The first-order chi connectivity index (χ1) is 14.8. The van der Waals surface area contributed by atoms with E-state index in [1.807, 2.05) is 4.90 Å². The quantitative estimate of drug-likeness (QED) is 0.495. The Labute approximate surface area is 191 Å². The van der Waals surface area contributed by atoms with Crippen molar-refractivity contribution in [3.05, 3.63) is 40.5 Å². The predicted molar refractivity (Wildman–Crippen MR) is 118 cm³/mol. The highest BCUT2D eigenvalue weighted by Crippen LogP contribution is 2.34. The summed E-state index contributed by atoms with van der Waals surface area (Å²) in [6, 6.07) is 6.61. The molecule has 2 aromatic heterocycles. The molecule has 0 aliphatic carbocycles. The predicted octanol–water partition coefficient (Wildman–Crippen LogP) is 3.74. The number of hydrogen-bond donors (Lipinski definition) is 0. The Balaban J connectivity index is 1.22. The number of aromatic nitrogens is 1. The zero-order chi connectivity index (χ0) is 21.8. The molecule has 0 saturated carbocycles. The molecule has 2 fully saturated rings. The zero-order valence-electron chi connectivity index (χ0n) is 16.0. The van der Waals surface area contributed by atoms with E-state index in [9.17, 15) is 17.6 Å². The Morgan fingerprint density at radius 3 is 2.77 bits per heavy atom. The van der Waals surface area contributed by atoms with Crippen LogP contribution in [-0.2, 0) is 19.6 Å². The van der Waals surface area contributed by atoms with Gasteiger partial charge in [0.25, 0.3) is 10.0 Å². The first-order valence-electron chi connectivity index (χ1n) is 9.60. The van der Waals surface area contributed by atoms with Crippen molar-refractivity contribution in [2.24, 2.45) is 0 Å². The van der Waals surface area contributed by atoms with Crippen molar-refractivity contribution >= 4 is 65.6 Å². The Morgan fingerprint density at radius 2 is 2.03 bits per heavy atom. The number of nitrogens with zero attached hydrogens (tertiary/aromatic N) is 3. The molecule has 2 aliphatic heterocycles. The molecule has 164 valence electrons. The van der Waals surface area contributed by atoms with Crippen LogP contribution in [0.15, 0.2) is 34.5 Å². The molecule has 0 bridgehead atoms. The summed E-state index contributed by atoms with van der Waals surface area (Å²) in [5.41, 5.74) is 0.724. The largest absolute Gasteiger partial charge is 0.457 e. The van der Waals surface area contributed by atoms with Gasteiger partial charge in [0.2, 0.25) is 0 Å². The first-order valence-corrected chi connectivity index (χ1v) is 13.0. The fourth-order valence-corrected chi connectivity index (χ4v) is 8.02. The van der Waals surface area contributed by atoms with E-state index in [2.05, 4.69) is 4.98 Å².